The van der Waals surface area contributed by atoms with Crippen LogP contribution in [-0.2, 0) is 4.79 Å². The van der Waals surface area contributed by atoms with Crippen LogP contribution in [0, 0.1) is 6.92 Å². The Morgan fingerprint density at radius 3 is 2.29 bits per heavy atom. The van der Waals surface area contributed by atoms with Gasteiger partial charge in [-0.3, -0.25) is 4.79 Å². The predicted octanol–water partition coefficient (Wildman–Crippen LogP) is 3.64. The Balaban J connectivity index is 1.29. The Labute approximate surface area is 182 Å². The highest BCUT2D eigenvalue weighted by Gasteiger charge is 2.26. The minimum atomic E-state index is -0.513. The fourth-order valence-electron chi connectivity index (χ4n) is 3.51. The predicted molar refractivity (Wildman–Crippen MR) is 122 cm³/mol. The monoisotopic (exact) mass is 417 g/mol. The second-order valence-electron chi connectivity index (χ2n) is 7.65. The van der Waals surface area contributed by atoms with Gasteiger partial charge in [-0.25, -0.2) is 0 Å². The molecule has 160 valence electrons. The molecule has 4 rings (SSSR count). The number of nitrogens with zero attached hydrogens (tertiary/aromatic N) is 4. The van der Waals surface area contributed by atoms with Gasteiger partial charge in [0.15, 0.2) is 17.7 Å². The van der Waals surface area contributed by atoms with Crippen molar-refractivity contribution in [3.63, 3.8) is 0 Å². The summed E-state index contributed by atoms with van der Waals surface area (Å²) < 4.78 is 5.78. The fourth-order valence-corrected chi connectivity index (χ4v) is 3.51. The first-order chi connectivity index (χ1) is 15.1. The van der Waals surface area contributed by atoms with E-state index in [1.54, 1.807) is 6.92 Å². The number of nitrogens with one attached hydrogen (secondary N) is 1. The maximum absolute atomic E-state index is 12.7. The zero-order valence-corrected chi connectivity index (χ0v) is 17.9. The maximum atomic E-state index is 12.7. The van der Waals surface area contributed by atoms with Crippen LogP contribution in [0.4, 0.5) is 17.3 Å². The van der Waals surface area contributed by atoms with Gasteiger partial charge in [-0.2, -0.15) is 0 Å². The van der Waals surface area contributed by atoms with Crippen LogP contribution in [0.1, 0.15) is 12.5 Å². The molecular weight excluding hydrogens is 390 g/mol. The van der Waals surface area contributed by atoms with E-state index in [4.69, 9.17) is 4.74 Å². The number of rotatable bonds is 6. The number of benzene rings is 2. The van der Waals surface area contributed by atoms with Gasteiger partial charge in [-0.1, -0.05) is 35.9 Å². The van der Waals surface area contributed by atoms with E-state index in [1.165, 1.54) is 5.56 Å². The van der Waals surface area contributed by atoms with E-state index in [1.807, 2.05) is 59.5 Å². The van der Waals surface area contributed by atoms with Crippen molar-refractivity contribution in [3.05, 3.63) is 72.3 Å². The van der Waals surface area contributed by atoms with Gasteiger partial charge in [0.05, 0.1) is 0 Å². The van der Waals surface area contributed by atoms with Crippen LogP contribution >= 0.6 is 0 Å². The molecule has 2 aromatic carbocycles. The third-order valence-corrected chi connectivity index (χ3v) is 5.29. The average Bonchev–Trinajstić information content (AvgIpc) is 2.81. The number of amides is 1. The van der Waals surface area contributed by atoms with Crippen molar-refractivity contribution < 1.29 is 9.53 Å². The standard InChI is InChI=1S/C24H27N5O2/c1-18-8-10-20(11-9-18)25-22-12-13-23(27-26-22)28-14-16-29(17-15-28)24(30)19(2)31-21-6-4-3-5-7-21/h3-13,19H,14-17H2,1-2H3,(H,25,26)/t19-/m1/s1. The molecule has 1 aromatic heterocycles. The number of hydrogen-bond acceptors (Lipinski definition) is 6. The molecule has 1 aliphatic heterocycles. The fraction of sp³-hybridized carbons (Fsp3) is 0.292. The second kappa shape index (κ2) is 9.47. The zero-order chi connectivity index (χ0) is 21.6. The molecule has 1 aliphatic rings. The smallest absolute Gasteiger partial charge is 0.263 e. The summed E-state index contributed by atoms with van der Waals surface area (Å²) in [4.78, 5) is 16.7. The summed E-state index contributed by atoms with van der Waals surface area (Å²) in [5.41, 5.74) is 2.19. The highest BCUT2D eigenvalue weighted by atomic mass is 16.5. The lowest BCUT2D eigenvalue weighted by Crippen LogP contribution is -2.52. The Hall–Kier alpha value is -3.61. The van der Waals surface area contributed by atoms with Crippen molar-refractivity contribution in [2.75, 3.05) is 36.4 Å². The number of anilines is 3. The van der Waals surface area contributed by atoms with Crippen molar-refractivity contribution >= 4 is 23.2 Å². The minimum absolute atomic E-state index is 0.00670. The van der Waals surface area contributed by atoms with Crippen molar-refractivity contribution in [1.82, 2.24) is 15.1 Å². The first-order valence-corrected chi connectivity index (χ1v) is 10.5. The third kappa shape index (κ3) is 5.31. The van der Waals surface area contributed by atoms with Gasteiger partial charge in [0.2, 0.25) is 0 Å². The quantitative estimate of drug-likeness (QED) is 0.660. The van der Waals surface area contributed by atoms with Gasteiger partial charge in [-0.05, 0) is 50.2 Å². The lowest BCUT2D eigenvalue weighted by atomic mass is 10.2. The molecular formula is C24H27N5O2. The Bertz CT molecular complexity index is 985. The highest BCUT2D eigenvalue weighted by Crippen LogP contribution is 2.19. The lowest BCUT2D eigenvalue weighted by Gasteiger charge is -2.36. The molecule has 1 saturated heterocycles. The lowest BCUT2D eigenvalue weighted by molar-refractivity contribution is -0.138. The minimum Gasteiger partial charge on any atom is -0.481 e. The molecule has 0 saturated carbocycles. The average molecular weight is 418 g/mol. The van der Waals surface area contributed by atoms with E-state index in [2.05, 4.69) is 39.5 Å². The summed E-state index contributed by atoms with van der Waals surface area (Å²) in [5.74, 6) is 2.23. The van der Waals surface area contributed by atoms with Crippen molar-refractivity contribution in [1.29, 1.82) is 0 Å². The van der Waals surface area contributed by atoms with Gasteiger partial charge < -0.3 is 19.9 Å². The molecule has 31 heavy (non-hydrogen) atoms. The molecule has 7 nitrogen and oxygen atoms in total. The van der Waals surface area contributed by atoms with E-state index in [0.29, 0.717) is 37.7 Å². The number of carbonyl (C=O) groups excluding carboxylic acids is 1. The van der Waals surface area contributed by atoms with Crippen LogP contribution in [-0.4, -0.2) is 53.3 Å². The number of para-hydroxylation sites is 1. The Morgan fingerprint density at radius 2 is 1.65 bits per heavy atom. The molecule has 3 aromatic rings. The molecule has 0 radical (unpaired) electrons. The summed E-state index contributed by atoms with van der Waals surface area (Å²) in [5, 5.41) is 11.9. The molecule has 0 aliphatic carbocycles. The van der Waals surface area contributed by atoms with Crippen LogP contribution in [0.15, 0.2) is 66.7 Å². The Kier molecular flexibility index (Phi) is 6.31. The van der Waals surface area contributed by atoms with Crippen LogP contribution in [0.25, 0.3) is 0 Å². The normalized spacial score (nSPS) is 14.8. The van der Waals surface area contributed by atoms with Crippen molar-refractivity contribution in [2.45, 2.75) is 20.0 Å². The van der Waals surface area contributed by atoms with E-state index in [9.17, 15) is 4.79 Å². The zero-order valence-electron chi connectivity index (χ0n) is 17.9. The SMILES string of the molecule is Cc1ccc(Nc2ccc(N3CCN(C(=O)[C@@H](C)Oc4ccccc4)CC3)nn2)cc1. The highest BCUT2D eigenvalue weighted by molar-refractivity contribution is 5.81. The summed E-state index contributed by atoms with van der Waals surface area (Å²) >= 11 is 0. The summed E-state index contributed by atoms with van der Waals surface area (Å²) in [6.45, 7) is 6.54. The summed E-state index contributed by atoms with van der Waals surface area (Å²) in [7, 11) is 0. The number of aryl methyl sites for hydroxylation is 1. The van der Waals surface area contributed by atoms with E-state index < -0.39 is 6.10 Å². The molecule has 1 N–H and O–H groups in total. The molecule has 1 atom stereocenters. The third-order valence-electron chi connectivity index (χ3n) is 5.29. The number of carbonyl (C=O) groups is 1. The number of ether oxygens (including phenoxy) is 1. The first-order valence-electron chi connectivity index (χ1n) is 10.5. The molecule has 0 unspecified atom stereocenters. The van der Waals surface area contributed by atoms with Crippen LogP contribution in [0.3, 0.4) is 0 Å². The largest absolute Gasteiger partial charge is 0.481 e. The molecule has 1 fully saturated rings. The van der Waals surface area contributed by atoms with Crippen LogP contribution in [0.2, 0.25) is 0 Å². The second-order valence-corrected chi connectivity index (χ2v) is 7.65. The number of hydrogen-bond donors (Lipinski definition) is 1. The van der Waals surface area contributed by atoms with E-state index in [0.717, 1.165) is 11.5 Å². The molecule has 2 heterocycles. The summed E-state index contributed by atoms with van der Waals surface area (Å²) in [6, 6.07) is 21.5. The topological polar surface area (TPSA) is 70.6 Å². The van der Waals surface area contributed by atoms with Crippen LogP contribution in [0.5, 0.6) is 5.75 Å². The Morgan fingerprint density at radius 1 is 0.935 bits per heavy atom. The van der Waals surface area contributed by atoms with Crippen molar-refractivity contribution in [2.24, 2.45) is 0 Å². The van der Waals surface area contributed by atoms with Crippen molar-refractivity contribution in [3.8, 4) is 5.75 Å². The maximum Gasteiger partial charge on any atom is 0.263 e. The molecule has 0 spiro atoms. The van der Waals surface area contributed by atoms with Crippen LogP contribution < -0.4 is 15.0 Å². The van der Waals surface area contributed by atoms with Gasteiger partial charge >= 0.3 is 0 Å². The molecule has 0 bridgehead atoms. The van der Waals surface area contributed by atoms with Gasteiger partial charge in [-0.15, -0.1) is 10.2 Å². The van der Waals surface area contributed by atoms with Gasteiger partial charge in [0, 0.05) is 31.9 Å². The number of aromatic nitrogens is 2. The summed E-state index contributed by atoms with van der Waals surface area (Å²) in [6.07, 6.45) is -0.513. The first kappa shape index (κ1) is 20.7. The van der Waals surface area contributed by atoms with Gasteiger partial charge in [0.1, 0.15) is 5.75 Å². The van der Waals surface area contributed by atoms with E-state index >= 15 is 0 Å². The van der Waals surface area contributed by atoms with E-state index in [-0.39, 0.29) is 5.91 Å². The number of piperazine rings is 1. The van der Waals surface area contributed by atoms with Gasteiger partial charge in [0.25, 0.3) is 5.91 Å². The molecule has 1 amide bonds. The molecule has 7 heteroatoms.